The minimum Gasteiger partial charge on any atom is -0.497 e. The third kappa shape index (κ3) is 3.41. The van der Waals surface area contributed by atoms with Gasteiger partial charge in [0, 0.05) is 26.1 Å². The standard InChI is InChI=1S/C15H22N2O4S/c1-10-7-14(21-4)8-11(2)15(10)22(19,20)16-13-5-6-17(9-13)12(3)18/h7-8,13,16H,5-6,9H2,1-4H3. The fourth-order valence-corrected chi connectivity index (χ4v) is 4.59. The first-order chi connectivity index (χ1) is 10.2. The summed E-state index contributed by atoms with van der Waals surface area (Å²) in [6.45, 7) is 6.00. The van der Waals surface area contributed by atoms with Gasteiger partial charge in [0.25, 0.3) is 0 Å². The van der Waals surface area contributed by atoms with Gasteiger partial charge in [-0.15, -0.1) is 0 Å². The number of benzene rings is 1. The van der Waals surface area contributed by atoms with Crippen molar-refractivity contribution in [2.45, 2.75) is 38.1 Å². The molecule has 0 aliphatic carbocycles. The molecule has 0 saturated carbocycles. The summed E-state index contributed by atoms with van der Waals surface area (Å²) in [5.74, 6) is 0.607. The molecule has 0 spiro atoms. The molecule has 0 aromatic heterocycles. The molecule has 1 unspecified atom stereocenters. The number of carbonyl (C=O) groups is 1. The van der Waals surface area contributed by atoms with E-state index in [0.717, 1.165) is 0 Å². The number of ether oxygens (including phenoxy) is 1. The maximum absolute atomic E-state index is 12.7. The van der Waals surface area contributed by atoms with Crippen LogP contribution in [0.25, 0.3) is 0 Å². The topological polar surface area (TPSA) is 75.7 Å². The number of sulfonamides is 1. The Balaban J connectivity index is 2.23. The number of carbonyl (C=O) groups excluding carboxylic acids is 1. The monoisotopic (exact) mass is 326 g/mol. The van der Waals surface area contributed by atoms with Gasteiger partial charge in [-0.1, -0.05) is 0 Å². The first kappa shape index (κ1) is 16.8. The molecule has 1 amide bonds. The number of nitrogens with one attached hydrogen (secondary N) is 1. The molecule has 1 fully saturated rings. The summed E-state index contributed by atoms with van der Waals surface area (Å²) in [7, 11) is -2.07. The second-order valence-corrected chi connectivity index (χ2v) is 7.31. The summed E-state index contributed by atoms with van der Waals surface area (Å²) in [5, 5.41) is 0. The number of rotatable bonds is 4. The molecule has 6 nitrogen and oxygen atoms in total. The van der Waals surface area contributed by atoms with E-state index in [1.54, 1.807) is 38.0 Å². The first-order valence-corrected chi connectivity index (χ1v) is 8.66. The molecule has 1 aliphatic rings. The molecule has 1 N–H and O–H groups in total. The Morgan fingerprint density at radius 3 is 2.36 bits per heavy atom. The molecule has 1 heterocycles. The van der Waals surface area contributed by atoms with E-state index in [9.17, 15) is 13.2 Å². The highest BCUT2D eigenvalue weighted by Gasteiger charge is 2.30. The Kier molecular flexibility index (Phi) is 4.77. The van der Waals surface area contributed by atoms with E-state index in [0.29, 0.717) is 36.4 Å². The smallest absolute Gasteiger partial charge is 0.241 e. The fourth-order valence-electron chi connectivity index (χ4n) is 2.87. The molecule has 2 rings (SSSR count). The summed E-state index contributed by atoms with van der Waals surface area (Å²) in [6.07, 6.45) is 0.632. The van der Waals surface area contributed by atoms with Crippen LogP contribution in [0, 0.1) is 13.8 Å². The zero-order valence-corrected chi connectivity index (χ0v) is 14.2. The van der Waals surface area contributed by atoms with Crippen molar-refractivity contribution in [1.29, 1.82) is 0 Å². The Hall–Kier alpha value is -1.60. The van der Waals surface area contributed by atoms with Crippen molar-refractivity contribution in [3.05, 3.63) is 23.3 Å². The third-order valence-electron chi connectivity index (χ3n) is 3.89. The number of amides is 1. The van der Waals surface area contributed by atoms with Crippen LogP contribution in [0.2, 0.25) is 0 Å². The number of likely N-dealkylation sites (tertiary alicyclic amines) is 1. The summed E-state index contributed by atoms with van der Waals surface area (Å²) >= 11 is 0. The maximum Gasteiger partial charge on any atom is 0.241 e. The van der Waals surface area contributed by atoms with E-state index in [1.807, 2.05) is 0 Å². The van der Waals surface area contributed by atoms with Crippen molar-refractivity contribution in [2.75, 3.05) is 20.2 Å². The average Bonchev–Trinajstić information content (AvgIpc) is 2.85. The first-order valence-electron chi connectivity index (χ1n) is 7.17. The van der Waals surface area contributed by atoms with Gasteiger partial charge in [-0.2, -0.15) is 0 Å². The van der Waals surface area contributed by atoms with Crippen LogP contribution in [0.15, 0.2) is 17.0 Å². The largest absolute Gasteiger partial charge is 0.497 e. The van der Waals surface area contributed by atoms with Crippen LogP contribution >= 0.6 is 0 Å². The molecule has 1 saturated heterocycles. The van der Waals surface area contributed by atoms with Crippen molar-refractivity contribution >= 4 is 15.9 Å². The number of methoxy groups -OCH3 is 1. The van der Waals surface area contributed by atoms with Crippen LogP contribution in [0.4, 0.5) is 0 Å². The van der Waals surface area contributed by atoms with Crippen molar-refractivity contribution in [3.63, 3.8) is 0 Å². The molecule has 122 valence electrons. The minimum absolute atomic E-state index is 0.0292. The van der Waals surface area contributed by atoms with E-state index >= 15 is 0 Å². The van der Waals surface area contributed by atoms with Gasteiger partial charge in [0.1, 0.15) is 5.75 Å². The normalized spacial score (nSPS) is 18.5. The Morgan fingerprint density at radius 2 is 1.91 bits per heavy atom. The lowest BCUT2D eigenvalue weighted by molar-refractivity contribution is -0.127. The minimum atomic E-state index is -3.62. The van der Waals surface area contributed by atoms with Gasteiger partial charge in [-0.05, 0) is 43.5 Å². The van der Waals surface area contributed by atoms with Crippen LogP contribution in [0.5, 0.6) is 5.75 Å². The Labute approximate surface area is 131 Å². The molecular weight excluding hydrogens is 304 g/mol. The van der Waals surface area contributed by atoms with Gasteiger partial charge in [0.15, 0.2) is 0 Å². The van der Waals surface area contributed by atoms with E-state index in [4.69, 9.17) is 4.74 Å². The van der Waals surface area contributed by atoms with Crippen molar-refractivity contribution in [3.8, 4) is 5.75 Å². The van der Waals surface area contributed by atoms with Gasteiger partial charge in [-0.3, -0.25) is 4.79 Å². The highest BCUT2D eigenvalue weighted by atomic mass is 32.2. The third-order valence-corrected chi connectivity index (χ3v) is 5.72. The molecule has 1 aromatic carbocycles. The van der Waals surface area contributed by atoms with Gasteiger partial charge in [-0.25, -0.2) is 13.1 Å². The fraction of sp³-hybridized carbons (Fsp3) is 0.533. The zero-order chi connectivity index (χ0) is 16.5. The summed E-state index contributed by atoms with van der Waals surface area (Å²) < 4.78 is 33.2. The Morgan fingerprint density at radius 1 is 1.32 bits per heavy atom. The van der Waals surface area contributed by atoms with Crippen LogP contribution in [0.3, 0.4) is 0 Å². The molecular formula is C15H22N2O4S. The van der Waals surface area contributed by atoms with E-state index in [2.05, 4.69) is 4.72 Å². The lowest BCUT2D eigenvalue weighted by Gasteiger charge is -2.18. The molecule has 22 heavy (non-hydrogen) atoms. The van der Waals surface area contributed by atoms with Gasteiger partial charge in [0.2, 0.25) is 15.9 Å². The van der Waals surface area contributed by atoms with Gasteiger partial charge in [0.05, 0.1) is 12.0 Å². The van der Waals surface area contributed by atoms with Gasteiger partial charge >= 0.3 is 0 Å². The van der Waals surface area contributed by atoms with Crippen molar-refractivity contribution in [1.82, 2.24) is 9.62 Å². The highest BCUT2D eigenvalue weighted by molar-refractivity contribution is 7.89. The molecule has 1 aromatic rings. The van der Waals surface area contributed by atoms with Crippen LogP contribution in [-0.2, 0) is 14.8 Å². The van der Waals surface area contributed by atoms with Crippen LogP contribution in [0.1, 0.15) is 24.5 Å². The van der Waals surface area contributed by atoms with E-state index in [1.165, 1.54) is 6.92 Å². The number of hydrogen-bond donors (Lipinski definition) is 1. The predicted molar refractivity (Wildman–Crippen MR) is 83.4 cm³/mol. The Bertz CT molecular complexity index is 662. The molecule has 0 bridgehead atoms. The highest BCUT2D eigenvalue weighted by Crippen LogP contribution is 2.26. The van der Waals surface area contributed by atoms with Gasteiger partial charge < -0.3 is 9.64 Å². The lowest BCUT2D eigenvalue weighted by atomic mass is 10.1. The summed E-state index contributed by atoms with van der Waals surface area (Å²) in [6, 6.07) is 3.17. The number of hydrogen-bond acceptors (Lipinski definition) is 4. The second-order valence-electron chi connectivity index (χ2n) is 5.66. The number of nitrogens with zero attached hydrogens (tertiary/aromatic N) is 1. The maximum atomic E-state index is 12.7. The SMILES string of the molecule is COc1cc(C)c(S(=O)(=O)NC2CCN(C(C)=O)C2)c(C)c1. The average molecular weight is 326 g/mol. The molecule has 1 aliphatic heterocycles. The molecule has 1 atom stereocenters. The second kappa shape index (κ2) is 6.26. The molecule has 0 radical (unpaired) electrons. The molecule has 7 heteroatoms. The zero-order valence-electron chi connectivity index (χ0n) is 13.3. The quantitative estimate of drug-likeness (QED) is 0.902. The number of aryl methyl sites for hydroxylation is 2. The van der Waals surface area contributed by atoms with Crippen LogP contribution < -0.4 is 9.46 Å². The summed E-state index contributed by atoms with van der Waals surface area (Å²) in [5.41, 5.74) is 1.29. The van der Waals surface area contributed by atoms with E-state index < -0.39 is 10.0 Å². The van der Waals surface area contributed by atoms with Crippen molar-refractivity contribution in [2.24, 2.45) is 0 Å². The summed E-state index contributed by atoms with van der Waals surface area (Å²) in [4.78, 5) is 13.3. The van der Waals surface area contributed by atoms with E-state index in [-0.39, 0.29) is 16.8 Å². The lowest BCUT2D eigenvalue weighted by Crippen LogP contribution is -2.38. The predicted octanol–water partition coefficient (Wildman–Crippen LogP) is 1.21. The van der Waals surface area contributed by atoms with Crippen LogP contribution in [-0.4, -0.2) is 45.5 Å². The van der Waals surface area contributed by atoms with Crippen molar-refractivity contribution < 1.29 is 17.9 Å².